The van der Waals surface area contributed by atoms with Gasteiger partial charge in [0.05, 0.1) is 5.69 Å². The fraction of sp³-hybridized carbons (Fsp3) is 0.727. The largest absolute Gasteiger partial charge is 0.323 e. The van der Waals surface area contributed by atoms with Crippen LogP contribution in [-0.2, 0) is 5.75 Å². The highest BCUT2D eigenvalue weighted by molar-refractivity contribution is 7.98. The Bertz CT molecular complexity index is 273. The van der Waals surface area contributed by atoms with Crippen LogP contribution in [0.3, 0.4) is 0 Å². The van der Waals surface area contributed by atoms with Gasteiger partial charge in [0, 0.05) is 17.2 Å². The van der Waals surface area contributed by atoms with Gasteiger partial charge in [-0.15, -0.1) is 11.3 Å². The van der Waals surface area contributed by atoms with Gasteiger partial charge in [-0.1, -0.05) is 26.7 Å². The number of hydrogen-bond acceptors (Lipinski definition) is 4. The van der Waals surface area contributed by atoms with Crippen LogP contribution < -0.4 is 5.73 Å². The van der Waals surface area contributed by atoms with E-state index in [4.69, 9.17) is 5.73 Å². The molecule has 0 aliphatic heterocycles. The first-order valence-corrected chi connectivity index (χ1v) is 7.59. The van der Waals surface area contributed by atoms with Crippen molar-refractivity contribution in [2.45, 2.75) is 44.9 Å². The third kappa shape index (κ3) is 4.53. The quantitative estimate of drug-likeness (QED) is 0.796. The van der Waals surface area contributed by atoms with E-state index >= 15 is 0 Å². The van der Waals surface area contributed by atoms with E-state index in [-0.39, 0.29) is 6.04 Å². The highest BCUT2D eigenvalue weighted by Crippen LogP contribution is 2.22. The first-order valence-electron chi connectivity index (χ1n) is 5.55. The van der Waals surface area contributed by atoms with Crippen molar-refractivity contribution in [3.63, 3.8) is 0 Å². The minimum absolute atomic E-state index is 0.140. The number of nitrogens with zero attached hydrogens (tertiary/aromatic N) is 1. The number of thiazole rings is 1. The van der Waals surface area contributed by atoms with Gasteiger partial charge >= 0.3 is 0 Å². The summed E-state index contributed by atoms with van der Waals surface area (Å²) in [4.78, 5) is 4.57. The number of aromatic nitrogens is 1. The van der Waals surface area contributed by atoms with Crippen molar-refractivity contribution in [3.05, 3.63) is 16.1 Å². The molecule has 1 aromatic rings. The number of hydrogen-bond donors (Lipinski definition) is 1. The Morgan fingerprint density at radius 3 is 3.00 bits per heavy atom. The number of thioether (sulfide) groups is 1. The van der Waals surface area contributed by atoms with Crippen LogP contribution in [0, 0.1) is 0 Å². The summed E-state index contributed by atoms with van der Waals surface area (Å²) >= 11 is 3.65. The molecule has 0 aliphatic rings. The first kappa shape index (κ1) is 13.0. The molecule has 1 rings (SSSR count). The highest BCUT2D eigenvalue weighted by Gasteiger charge is 2.09. The van der Waals surface area contributed by atoms with E-state index in [2.05, 4.69) is 24.2 Å². The van der Waals surface area contributed by atoms with E-state index in [1.54, 1.807) is 11.3 Å². The minimum Gasteiger partial charge on any atom is -0.323 e. The maximum atomic E-state index is 6.06. The average molecular weight is 244 g/mol. The molecular formula is C11H20N2S2. The SMILES string of the molecule is CCCCC(N)c1csc(CSCC)n1. The summed E-state index contributed by atoms with van der Waals surface area (Å²) in [7, 11) is 0. The molecule has 86 valence electrons. The van der Waals surface area contributed by atoms with E-state index in [9.17, 15) is 0 Å². The molecule has 0 fully saturated rings. The standard InChI is InChI=1S/C11H20N2S2/c1-3-5-6-9(12)10-7-15-11(13-10)8-14-4-2/h7,9H,3-6,8,12H2,1-2H3. The van der Waals surface area contributed by atoms with Crippen molar-refractivity contribution in [3.8, 4) is 0 Å². The van der Waals surface area contributed by atoms with Gasteiger partial charge in [-0.25, -0.2) is 4.98 Å². The van der Waals surface area contributed by atoms with Gasteiger partial charge in [0.15, 0.2) is 0 Å². The summed E-state index contributed by atoms with van der Waals surface area (Å²) in [5.41, 5.74) is 7.14. The van der Waals surface area contributed by atoms with Crippen LogP contribution in [0.1, 0.15) is 49.9 Å². The van der Waals surface area contributed by atoms with Crippen LogP contribution in [-0.4, -0.2) is 10.7 Å². The monoisotopic (exact) mass is 244 g/mol. The molecule has 15 heavy (non-hydrogen) atoms. The zero-order chi connectivity index (χ0) is 11.1. The molecule has 0 aliphatic carbocycles. The Kier molecular flexibility index (Phi) is 6.29. The van der Waals surface area contributed by atoms with Crippen molar-refractivity contribution in [2.75, 3.05) is 5.75 Å². The van der Waals surface area contributed by atoms with Crippen molar-refractivity contribution in [1.29, 1.82) is 0 Å². The summed E-state index contributed by atoms with van der Waals surface area (Å²) in [5, 5.41) is 3.33. The second kappa shape index (κ2) is 7.25. The zero-order valence-electron chi connectivity index (χ0n) is 9.53. The van der Waals surface area contributed by atoms with Crippen molar-refractivity contribution in [1.82, 2.24) is 4.98 Å². The third-order valence-corrected chi connectivity index (χ3v) is 4.18. The summed E-state index contributed by atoms with van der Waals surface area (Å²) < 4.78 is 0. The number of unbranched alkanes of at least 4 members (excludes halogenated alkanes) is 1. The van der Waals surface area contributed by atoms with E-state index in [0.29, 0.717) is 0 Å². The Balaban J connectivity index is 2.43. The molecule has 1 aromatic heterocycles. The average Bonchev–Trinajstić information content (AvgIpc) is 2.71. The molecule has 0 aromatic carbocycles. The summed E-state index contributed by atoms with van der Waals surface area (Å²) in [6, 6.07) is 0.140. The normalized spacial score (nSPS) is 13.0. The Labute approximate surface area is 101 Å². The number of rotatable bonds is 7. The molecule has 1 heterocycles. The molecule has 1 unspecified atom stereocenters. The maximum absolute atomic E-state index is 6.06. The molecule has 0 saturated carbocycles. The van der Waals surface area contributed by atoms with E-state index in [1.807, 2.05) is 11.8 Å². The van der Waals surface area contributed by atoms with Gasteiger partial charge in [-0.3, -0.25) is 0 Å². The molecule has 0 bridgehead atoms. The van der Waals surface area contributed by atoms with Crippen LogP contribution in [0.4, 0.5) is 0 Å². The van der Waals surface area contributed by atoms with Crippen LogP contribution in [0.5, 0.6) is 0 Å². The summed E-state index contributed by atoms with van der Waals surface area (Å²) in [6.45, 7) is 4.36. The first-order chi connectivity index (χ1) is 7.27. The fourth-order valence-corrected chi connectivity index (χ4v) is 2.93. The fourth-order valence-electron chi connectivity index (χ4n) is 1.32. The highest BCUT2D eigenvalue weighted by atomic mass is 32.2. The second-order valence-corrected chi connectivity index (χ2v) is 5.77. The lowest BCUT2D eigenvalue weighted by Crippen LogP contribution is -2.10. The lowest BCUT2D eigenvalue weighted by molar-refractivity contribution is 0.592. The topological polar surface area (TPSA) is 38.9 Å². The van der Waals surface area contributed by atoms with Crippen LogP contribution >= 0.6 is 23.1 Å². The minimum atomic E-state index is 0.140. The Morgan fingerprint density at radius 2 is 2.33 bits per heavy atom. The van der Waals surface area contributed by atoms with E-state index < -0.39 is 0 Å². The zero-order valence-corrected chi connectivity index (χ0v) is 11.2. The molecule has 2 nitrogen and oxygen atoms in total. The van der Waals surface area contributed by atoms with Crippen LogP contribution in [0.2, 0.25) is 0 Å². The Morgan fingerprint density at radius 1 is 1.53 bits per heavy atom. The third-order valence-electron chi connectivity index (χ3n) is 2.25. The van der Waals surface area contributed by atoms with Gasteiger partial charge in [0.1, 0.15) is 5.01 Å². The van der Waals surface area contributed by atoms with E-state index in [1.165, 1.54) is 17.8 Å². The lowest BCUT2D eigenvalue weighted by Gasteiger charge is -2.06. The molecule has 0 amide bonds. The molecule has 1 atom stereocenters. The Hall–Kier alpha value is -0.0600. The smallest absolute Gasteiger partial charge is 0.103 e. The molecular weight excluding hydrogens is 224 g/mol. The predicted octanol–water partition coefficient (Wildman–Crippen LogP) is 3.59. The van der Waals surface area contributed by atoms with Crippen molar-refractivity contribution in [2.24, 2.45) is 5.73 Å². The van der Waals surface area contributed by atoms with Crippen molar-refractivity contribution < 1.29 is 0 Å². The summed E-state index contributed by atoms with van der Waals surface area (Å²) in [5.74, 6) is 2.18. The predicted molar refractivity (Wildman–Crippen MR) is 70.4 cm³/mol. The lowest BCUT2D eigenvalue weighted by atomic mass is 10.1. The molecule has 0 saturated heterocycles. The second-order valence-electron chi connectivity index (χ2n) is 3.55. The van der Waals surface area contributed by atoms with Gasteiger partial charge in [-0.2, -0.15) is 11.8 Å². The van der Waals surface area contributed by atoms with Crippen LogP contribution in [0.15, 0.2) is 5.38 Å². The van der Waals surface area contributed by atoms with Gasteiger partial charge in [0.25, 0.3) is 0 Å². The van der Waals surface area contributed by atoms with E-state index in [0.717, 1.165) is 23.6 Å². The molecule has 4 heteroatoms. The van der Waals surface area contributed by atoms with Crippen LogP contribution in [0.25, 0.3) is 0 Å². The van der Waals surface area contributed by atoms with Gasteiger partial charge < -0.3 is 5.73 Å². The number of nitrogens with two attached hydrogens (primary N) is 1. The van der Waals surface area contributed by atoms with Gasteiger partial charge in [0.2, 0.25) is 0 Å². The maximum Gasteiger partial charge on any atom is 0.103 e. The van der Waals surface area contributed by atoms with Gasteiger partial charge in [-0.05, 0) is 12.2 Å². The molecule has 0 radical (unpaired) electrons. The van der Waals surface area contributed by atoms with Crippen molar-refractivity contribution >= 4 is 23.1 Å². The molecule has 2 N–H and O–H groups in total. The molecule has 0 spiro atoms. The summed E-state index contributed by atoms with van der Waals surface area (Å²) in [6.07, 6.45) is 3.45.